The summed E-state index contributed by atoms with van der Waals surface area (Å²) in [5, 5.41) is 3.30. The van der Waals surface area contributed by atoms with Crippen LogP contribution in [0.1, 0.15) is 24.8 Å². The standard InChI is InChI=1S/C13H15ClFNO/c14-10-8-9(3-5-11(10)15)4-6-13(17)12-2-1-7-16-12/h3,5,8,12,16H,1-2,4,6-7H2/t12-/m0/s1. The molecule has 92 valence electrons. The molecular weight excluding hydrogens is 241 g/mol. The number of carbonyl (C=O) groups excluding carboxylic acids is 1. The first-order valence-corrected chi connectivity index (χ1v) is 6.24. The van der Waals surface area contributed by atoms with Crippen molar-refractivity contribution < 1.29 is 9.18 Å². The molecule has 0 spiro atoms. The fraction of sp³-hybridized carbons (Fsp3) is 0.462. The van der Waals surface area contributed by atoms with Crippen LogP contribution in [0.15, 0.2) is 18.2 Å². The molecule has 1 N–H and O–H groups in total. The van der Waals surface area contributed by atoms with Crippen LogP contribution in [-0.2, 0) is 11.2 Å². The van der Waals surface area contributed by atoms with Gasteiger partial charge in [0.2, 0.25) is 0 Å². The SMILES string of the molecule is O=C(CCc1ccc(F)c(Cl)c1)[C@@H]1CCCN1. The van der Waals surface area contributed by atoms with Gasteiger partial charge >= 0.3 is 0 Å². The zero-order valence-electron chi connectivity index (χ0n) is 9.51. The van der Waals surface area contributed by atoms with Gasteiger partial charge in [-0.2, -0.15) is 0 Å². The third kappa shape index (κ3) is 3.27. The molecular formula is C13H15ClFNO. The minimum absolute atomic E-state index is 0.0194. The third-order valence-electron chi connectivity index (χ3n) is 3.09. The van der Waals surface area contributed by atoms with E-state index in [1.54, 1.807) is 12.1 Å². The average molecular weight is 256 g/mol. The number of hydrogen-bond donors (Lipinski definition) is 1. The molecule has 0 aliphatic carbocycles. The minimum Gasteiger partial charge on any atom is -0.307 e. The second kappa shape index (κ2) is 5.61. The van der Waals surface area contributed by atoms with Crippen molar-refractivity contribution in [1.29, 1.82) is 0 Å². The van der Waals surface area contributed by atoms with Crippen molar-refractivity contribution in [3.05, 3.63) is 34.6 Å². The van der Waals surface area contributed by atoms with Gasteiger partial charge < -0.3 is 5.32 Å². The Labute approximate surface area is 105 Å². The number of nitrogens with one attached hydrogen (secondary N) is 1. The first-order valence-electron chi connectivity index (χ1n) is 5.87. The van der Waals surface area contributed by atoms with Gasteiger partial charge in [0.1, 0.15) is 11.6 Å². The highest BCUT2D eigenvalue weighted by Gasteiger charge is 2.21. The maximum Gasteiger partial charge on any atom is 0.150 e. The molecule has 2 nitrogen and oxygen atoms in total. The quantitative estimate of drug-likeness (QED) is 0.896. The van der Waals surface area contributed by atoms with E-state index in [0.29, 0.717) is 12.8 Å². The molecule has 1 heterocycles. The van der Waals surface area contributed by atoms with Crippen LogP contribution >= 0.6 is 11.6 Å². The molecule has 1 aliphatic heterocycles. The number of halogens is 2. The molecule has 1 aromatic rings. The largest absolute Gasteiger partial charge is 0.307 e. The number of benzene rings is 1. The Morgan fingerprint density at radius 3 is 3.00 bits per heavy atom. The van der Waals surface area contributed by atoms with E-state index in [0.717, 1.165) is 24.9 Å². The van der Waals surface area contributed by atoms with E-state index >= 15 is 0 Å². The molecule has 0 radical (unpaired) electrons. The summed E-state index contributed by atoms with van der Waals surface area (Å²) >= 11 is 5.68. The number of ketones is 1. The number of rotatable bonds is 4. The third-order valence-corrected chi connectivity index (χ3v) is 3.38. The maximum absolute atomic E-state index is 12.9. The van der Waals surface area contributed by atoms with Crippen LogP contribution in [0.2, 0.25) is 5.02 Å². The zero-order valence-corrected chi connectivity index (χ0v) is 10.3. The summed E-state index contributed by atoms with van der Waals surface area (Å²) in [6.07, 6.45) is 3.11. The van der Waals surface area contributed by atoms with Gasteiger partial charge in [0.15, 0.2) is 0 Å². The lowest BCUT2D eigenvalue weighted by atomic mass is 10.0. The van der Waals surface area contributed by atoms with Crippen LogP contribution in [-0.4, -0.2) is 18.4 Å². The molecule has 1 atom stereocenters. The topological polar surface area (TPSA) is 29.1 Å². The first kappa shape index (κ1) is 12.5. The Morgan fingerprint density at radius 2 is 2.35 bits per heavy atom. The van der Waals surface area contributed by atoms with Gasteiger partial charge in [-0.3, -0.25) is 4.79 Å². The van der Waals surface area contributed by atoms with E-state index in [2.05, 4.69) is 5.32 Å². The second-order valence-corrected chi connectivity index (χ2v) is 4.77. The van der Waals surface area contributed by atoms with E-state index in [-0.39, 0.29) is 16.8 Å². The molecule has 17 heavy (non-hydrogen) atoms. The summed E-state index contributed by atoms with van der Waals surface area (Å²) in [5.74, 6) is -0.179. The summed E-state index contributed by atoms with van der Waals surface area (Å²) in [5.41, 5.74) is 0.905. The highest BCUT2D eigenvalue weighted by atomic mass is 35.5. The molecule has 0 unspecified atom stereocenters. The Hall–Kier alpha value is -0.930. The van der Waals surface area contributed by atoms with Gasteiger partial charge in [-0.15, -0.1) is 0 Å². The normalized spacial score (nSPS) is 19.5. The van der Waals surface area contributed by atoms with Crippen molar-refractivity contribution in [1.82, 2.24) is 5.32 Å². The van der Waals surface area contributed by atoms with Crippen LogP contribution < -0.4 is 5.32 Å². The Morgan fingerprint density at radius 1 is 1.53 bits per heavy atom. The summed E-state index contributed by atoms with van der Waals surface area (Å²) < 4.78 is 12.9. The summed E-state index contributed by atoms with van der Waals surface area (Å²) in [4.78, 5) is 11.8. The molecule has 0 saturated carbocycles. The van der Waals surface area contributed by atoms with Crippen molar-refractivity contribution in [2.45, 2.75) is 31.7 Å². The van der Waals surface area contributed by atoms with Crippen LogP contribution in [0.5, 0.6) is 0 Å². The molecule has 1 saturated heterocycles. The van der Waals surface area contributed by atoms with Crippen molar-refractivity contribution in [3.8, 4) is 0 Å². The van der Waals surface area contributed by atoms with Crippen molar-refractivity contribution in [3.63, 3.8) is 0 Å². The molecule has 2 rings (SSSR count). The predicted octanol–water partition coefficient (Wildman–Crippen LogP) is 2.73. The van der Waals surface area contributed by atoms with Crippen LogP contribution in [0.3, 0.4) is 0 Å². The number of carbonyl (C=O) groups is 1. The summed E-state index contributed by atoms with van der Waals surface area (Å²) in [6, 6.07) is 4.63. The monoisotopic (exact) mass is 255 g/mol. The molecule has 0 bridgehead atoms. The number of Topliss-reactive ketones (excluding diaryl/α,β-unsaturated/α-hetero) is 1. The molecule has 1 aromatic carbocycles. The molecule has 1 aliphatic rings. The molecule has 4 heteroatoms. The number of aryl methyl sites for hydroxylation is 1. The predicted molar refractivity (Wildman–Crippen MR) is 65.8 cm³/mol. The fourth-order valence-electron chi connectivity index (χ4n) is 2.10. The summed E-state index contributed by atoms with van der Waals surface area (Å²) in [7, 11) is 0. The first-order chi connectivity index (χ1) is 8.16. The van der Waals surface area contributed by atoms with Gasteiger partial charge in [-0.05, 0) is 43.5 Å². The van der Waals surface area contributed by atoms with E-state index in [9.17, 15) is 9.18 Å². The molecule has 0 aromatic heterocycles. The Bertz CT molecular complexity index is 416. The number of hydrogen-bond acceptors (Lipinski definition) is 2. The average Bonchev–Trinajstić information content (AvgIpc) is 2.84. The highest BCUT2D eigenvalue weighted by molar-refractivity contribution is 6.30. The van der Waals surface area contributed by atoms with E-state index < -0.39 is 5.82 Å². The minimum atomic E-state index is -0.417. The lowest BCUT2D eigenvalue weighted by molar-refractivity contribution is -0.120. The van der Waals surface area contributed by atoms with Gasteiger partial charge in [0.05, 0.1) is 11.1 Å². The maximum atomic E-state index is 12.9. The van der Waals surface area contributed by atoms with Crippen LogP contribution in [0.25, 0.3) is 0 Å². The van der Waals surface area contributed by atoms with Gasteiger partial charge in [-0.1, -0.05) is 17.7 Å². The molecule has 1 fully saturated rings. The van der Waals surface area contributed by atoms with Gasteiger partial charge in [0.25, 0.3) is 0 Å². The lowest BCUT2D eigenvalue weighted by Gasteiger charge is -2.08. The van der Waals surface area contributed by atoms with Gasteiger partial charge in [-0.25, -0.2) is 4.39 Å². The zero-order chi connectivity index (χ0) is 12.3. The Balaban J connectivity index is 1.88. The van der Waals surface area contributed by atoms with Crippen molar-refractivity contribution >= 4 is 17.4 Å². The van der Waals surface area contributed by atoms with E-state index in [4.69, 9.17) is 11.6 Å². The van der Waals surface area contributed by atoms with E-state index in [1.165, 1.54) is 6.07 Å². The Kier molecular flexibility index (Phi) is 4.13. The fourth-order valence-corrected chi connectivity index (χ4v) is 2.30. The van der Waals surface area contributed by atoms with E-state index in [1.807, 2.05) is 0 Å². The lowest BCUT2D eigenvalue weighted by Crippen LogP contribution is -2.30. The summed E-state index contributed by atoms with van der Waals surface area (Å²) in [6.45, 7) is 0.929. The molecule has 0 amide bonds. The van der Waals surface area contributed by atoms with Crippen LogP contribution in [0, 0.1) is 5.82 Å². The second-order valence-electron chi connectivity index (χ2n) is 4.36. The van der Waals surface area contributed by atoms with Crippen LogP contribution in [0.4, 0.5) is 4.39 Å². The smallest absolute Gasteiger partial charge is 0.150 e. The van der Waals surface area contributed by atoms with Crippen molar-refractivity contribution in [2.75, 3.05) is 6.54 Å². The van der Waals surface area contributed by atoms with Crippen molar-refractivity contribution in [2.24, 2.45) is 0 Å². The highest BCUT2D eigenvalue weighted by Crippen LogP contribution is 2.17. The van der Waals surface area contributed by atoms with Gasteiger partial charge in [0, 0.05) is 6.42 Å².